The van der Waals surface area contributed by atoms with Crippen molar-refractivity contribution in [2.45, 2.75) is 25.9 Å². The van der Waals surface area contributed by atoms with Crippen molar-refractivity contribution < 1.29 is 9.90 Å². The number of carbonyl (C=O) groups excluding carboxylic acids is 1. The molecule has 1 amide bonds. The first-order valence-electron chi connectivity index (χ1n) is 4.89. The van der Waals surface area contributed by atoms with Crippen LogP contribution >= 0.6 is 0 Å². The largest absolute Gasteiger partial charge is 0.393 e. The van der Waals surface area contributed by atoms with E-state index in [2.05, 4.69) is 10.2 Å². The highest BCUT2D eigenvalue weighted by Crippen LogP contribution is 2.08. The van der Waals surface area contributed by atoms with E-state index in [0.717, 1.165) is 25.9 Å². The van der Waals surface area contributed by atoms with Crippen LogP contribution in [0.1, 0.15) is 19.8 Å². The number of hydrogen-bond donors (Lipinski definition) is 2. The Balaban J connectivity index is 2.18. The predicted molar refractivity (Wildman–Crippen MR) is 50.4 cm³/mol. The van der Waals surface area contributed by atoms with Crippen molar-refractivity contribution in [3.8, 4) is 0 Å². The van der Waals surface area contributed by atoms with E-state index in [4.69, 9.17) is 0 Å². The van der Waals surface area contributed by atoms with Crippen molar-refractivity contribution in [3.63, 3.8) is 0 Å². The molecule has 0 aromatic heterocycles. The summed E-state index contributed by atoms with van der Waals surface area (Å²) in [6, 6.07) is 0. The highest BCUT2D eigenvalue weighted by Gasteiger charge is 2.18. The molecular formula is C9H18N2O2. The number of amides is 1. The van der Waals surface area contributed by atoms with Crippen LogP contribution in [0.2, 0.25) is 0 Å². The molecule has 0 aromatic rings. The van der Waals surface area contributed by atoms with Crippen LogP contribution in [0.5, 0.6) is 0 Å². The van der Waals surface area contributed by atoms with Crippen molar-refractivity contribution in [1.29, 1.82) is 0 Å². The van der Waals surface area contributed by atoms with Crippen molar-refractivity contribution in [2.75, 3.05) is 26.2 Å². The zero-order valence-electron chi connectivity index (χ0n) is 8.12. The number of aliphatic hydroxyl groups excluding tert-OH is 1. The fraction of sp³-hybridized carbons (Fsp3) is 0.889. The number of hydrogen-bond acceptors (Lipinski definition) is 3. The van der Waals surface area contributed by atoms with Crippen molar-refractivity contribution in [3.05, 3.63) is 0 Å². The normalized spacial score (nSPS) is 20.2. The maximum Gasteiger partial charge on any atom is 0.234 e. The SMILES string of the molecule is CCNC(=O)CN1CCC(O)CC1. The molecule has 1 aliphatic heterocycles. The van der Waals surface area contributed by atoms with Crippen molar-refractivity contribution >= 4 is 5.91 Å². The van der Waals surface area contributed by atoms with Gasteiger partial charge in [0.25, 0.3) is 0 Å². The quantitative estimate of drug-likeness (QED) is 0.629. The van der Waals surface area contributed by atoms with Gasteiger partial charge in [0, 0.05) is 19.6 Å². The molecule has 0 radical (unpaired) electrons. The Bertz CT molecular complexity index is 165. The predicted octanol–water partition coefficient (Wildman–Crippen LogP) is -0.421. The Labute approximate surface area is 78.9 Å². The van der Waals surface area contributed by atoms with E-state index in [1.54, 1.807) is 0 Å². The molecule has 0 atom stereocenters. The Morgan fingerprint density at radius 2 is 2.15 bits per heavy atom. The van der Waals surface area contributed by atoms with Crippen molar-refractivity contribution in [1.82, 2.24) is 10.2 Å². The van der Waals surface area contributed by atoms with Gasteiger partial charge >= 0.3 is 0 Å². The fourth-order valence-electron chi connectivity index (χ4n) is 1.53. The second-order valence-corrected chi connectivity index (χ2v) is 3.46. The number of likely N-dealkylation sites (tertiary alicyclic amines) is 1. The molecule has 1 rings (SSSR count). The molecule has 76 valence electrons. The molecule has 1 saturated heterocycles. The maximum atomic E-state index is 11.2. The number of nitrogens with zero attached hydrogens (tertiary/aromatic N) is 1. The van der Waals surface area contributed by atoms with Gasteiger partial charge in [-0.15, -0.1) is 0 Å². The third kappa shape index (κ3) is 3.74. The molecule has 1 fully saturated rings. The molecule has 0 bridgehead atoms. The van der Waals surface area contributed by atoms with E-state index in [1.165, 1.54) is 0 Å². The van der Waals surface area contributed by atoms with E-state index in [-0.39, 0.29) is 12.0 Å². The van der Waals surface area contributed by atoms with Gasteiger partial charge in [-0.1, -0.05) is 0 Å². The minimum Gasteiger partial charge on any atom is -0.393 e. The van der Waals surface area contributed by atoms with E-state index in [1.807, 2.05) is 6.92 Å². The van der Waals surface area contributed by atoms with Crippen LogP contribution in [0.15, 0.2) is 0 Å². The van der Waals surface area contributed by atoms with Gasteiger partial charge in [-0.25, -0.2) is 0 Å². The number of nitrogens with one attached hydrogen (secondary N) is 1. The lowest BCUT2D eigenvalue weighted by atomic mass is 10.1. The number of rotatable bonds is 3. The van der Waals surface area contributed by atoms with Gasteiger partial charge in [-0.05, 0) is 19.8 Å². The molecule has 1 heterocycles. The van der Waals surface area contributed by atoms with Gasteiger partial charge in [-0.3, -0.25) is 9.69 Å². The summed E-state index contributed by atoms with van der Waals surface area (Å²) in [5.41, 5.74) is 0. The maximum absolute atomic E-state index is 11.2. The van der Waals surface area contributed by atoms with Gasteiger partial charge < -0.3 is 10.4 Å². The summed E-state index contributed by atoms with van der Waals surface area (Å²) in [7, 11) is 0. The topological polar surface area (TPSA) is 52.6 Å². The van der Waals surface area contributed by atoms with Crippen LogP contribution in [-0.2, 0) is 4.79 Å². The monoisotopic (exact) mass is 186 g/mol. The van der Waals surface area contributed by atoms with Gasteiger partial charge in [0.15, 0.2) is 0 Å². The lowest BCUT2D eigenvalue weighted by Crippen LogP contribution is -2.42. The Kier molecular flexibility index (Phi) is 4.18. The smallest absolute Gasteiger partial charge is 0.234 e. The van der Waals surface area contributed by atoms with Gasteiger partial charge in [0.05, 0.1) is 12.6 Å². The van der Waals surface area contributed by atoms with Crippen LogP contribution in [0, 0.1) is 0 Å². The molecule has 1 aliphatic rings. The van der Waals surface area contributed by atoms with E-state index >= 15 is 0 Å². The molecule has 0 saturated carbocycles. The highest BCUT2D eigenvalue weighted by molar-refractivity contribution is 5.77. The highest BCUT2D eigenvalue weighted by atomic mass is 16.3. The number of aliphatic hydroxyl groups is 1. The summed E-state index contributed by atoms with van der Waals surface area (Å²) in [6.45, 7) is 4.74. The summed E-state index contributed by atoms with van der Waals surface area (Å²) in [6.07, 6.45) is 1.42. The minimum absolute atomic E-state index is 0.0823. The summed E-state index contributed by atoms with van der Waals surface area (Å²) in [5.74, 6) is 0.0823. The standard InChI is InChI=1S/C9H18N2O2/c1-2-10-9(13)7-11-5-3-8(12)4-6-11/h8,12H,2-7H2,1H3,(H,10,13). The minimum atomic E-state index is -0.162. The molecule has 2 N–H and O–H groups in total. The van der Waals surface area contributed by atoms with Gasteiger partial charge in [0.1, 0.15) is 0 Å². The second-order valence-electron chi connectivity index (χ2n) is 3.46. The van der Waals surface area contributed by atoms with Crippen LogP contribution in [-0.4, -0.2) is 48.2 Å². The van der Waals surface area contributed by atoms with Crippen LogP contribution < -0.4 is 5.32 Å². The molecular weight excluding hydrogens is 168 g/mol. The zero-order chi connectivity index (χ0) is 9.68. The number of carbonyl (C=O) groups is 1. The lowest BCUT2D eigenvalue weighted by molar-refractivity contribution is -0.122. The molecule has 4 nitrogen and oxygen atoms in total. The third-order valence-electron chi connectivity index (χ3n) is 2.30. The van der Waals surface area contributed by atoms with Crippen LogP contribution in [0.25, 0.3) is 0 Å². The molecule has 0 aliphatic carbocycles. The fourth-order valence-corrected chi connectivity index (χ4v) is 1.53. The second kappa shape index (κ2) is 5.19. The van der Waals surface area contributed by atoms with Gasteiger partial charge in [0.2, 0.25) is 5.91 Å². The first-order chi connectivity index (χ1) is 6.22. The molecule has 13 heavy (non-hydrogen) atoms. The van der Waals surface area contributed by atoms with Gasteiger partial charge in [-0.2, -0.15) is 0 Å². The van der Waals surface area contributed by atoms with Crippen molar-refractivity contribution in [2.24, 2.45) is 0 Å². The Morgan fingerprint density at radius 3 is 2.69 bits per heavy atom. The van der Waals surface area contributed by atoms with Crippen LogP contribution in [0.3, 0.4) is 0 Å². The van der Waals surface area contributed by atoms with E-state index in [0.29, 0.717) is 13.1 Å². The summed E-state index contributed by atoms with van der Waals surface area (Å²) < 4.78 is 0. The Hall–Kier alpha value is -0.610. The first kappa shape index (κ1) is 10.5. The summed E-state index contributed by atoms with van der Waals surface area (Å²) >= 11 is 0. The molecule has 0 unspecified atom stereocenters. The average Bonchev–Trinajstić information content (AvgIpc) is 2.09. The molecule has 0 aromatic carbocycles. The Morgan fingerprint density at radius 1 is 1.54 bits per heavy atom. The average molecular weight is 186 g/mol. The first-order valence-corrected chi connectivity index (χ1v) is 4.89. The summed E-state index contributed by atoms with van der Waals surface area (Å²) in [5, 5.41) is 12.0. The number of likely N-dealkylation sites (N-methyl/N-ethyl adjacent to an activating group) is 1. The third-order valence-corrected chi connectivity index (χ3v) is 2.30. The zero-order valence-corrected chi connectivity index (χ0v) is 8.12. The molecule has 0 spiro atoms. The summed E-state index contributed by atoms with van der Waals surface area (Å²) in [4.78, 5) is 13.3. The van der Waals surface area contributed by atoms with Crippen LogP contribution in [0.4, 0.5) is 0 Å². The van der Waals surface area contributed by atoms with E-state index < -0.39 is 0 Å². The number of piperidine rings is 1. The molecule has 4 heteroatoms. The lowest BCUT2D eigenvalue weighted by Gasteiger charge is -2.28. The van der Waals surface area contributed by atoms with E-state index in [9.17, 15) is 9.90 Å².